The van der Waals surface area contributed by atoms with Gasteiger partial charge < -0.3 is 20.4 Å². The number of aromatic hydroxyl groups is 1. The molecule has 0 spiro atoms. The molecule has 4 aliphatic rings. The average Bonchev–Trinajstić information content (AvgIpc) is 3.43. The van der Waals surface area contributed by atoms with E-state index in [1.165, 1.54) is 12.8 Å². The van der Waals surface area contributed by atoms with Gasteiger partial charge in [0.1, 0.15) is 28.2 Å². The predicted octanol–water partition coefficient (Wildman–Crippen LogP) is 1.93. The minimum atomic E-state index is -0.984. The molecular weight excluding hydrogens is 372 g/mol. The Bertz CT molecular complexity index is 898. The maximum atomic E-state index is 12.6. The van der Waals surface area contributed by atoms with E-state index >= 15 is 0 Å². The summed E-state index contributed by atoms with van der Waals surface area (Å²) in [5.41, 5.74) is 6.36. The summed E-state index contributed by atoms with van der Waals surface area (Å²) >= 11 is 5.14. The first-order valence-corrected chi connectivity index (χ1v) is 10.8. The van der Waals surface area contributed by atoms with E-state index in [2.05, 4.69) is 7.05 Å². The number of nitrogens with two attached hydrogens (primary N) is 1. The van der Waals surface area contributed by atoms with Crippen molar-refractivity contribution in [3.05, 3.63) is 28.8 Å². The van der Waals surface area contributed by atoms with Crippen molar-refractivity contribution >= 4 is 23.0 Å². The molecule has 0 radical (unpaired) electrons. The van der Waals surface area contributed by atoms with Crippen molar-refractivity contribution in [2.75, 3.05) is 20.1 Å². The fourth-order valence-electron chi connectivity index (χ4n) is 6.73. The average molecular weight is 402 g/mol. The molecule has 2 bridgehead atoms. The van der Waals surface area contributed by atoms with Crippen LogP contribution in [0.2, 0.25) is 0 Å². The van der Waals surface area contributed by atoms with E-state index in [1.54, 1.807) is 6.07 Å². The number of phenolic OH excluding ortho intramolecular Hbond substituents is 1. The Morgan fingerprint density at radius 3 is 2.79 bits per heavy atom. The van der Waals surface area contributed by atoms with Crippen molar-refractivity contribution in [1.82, 2.24) is 0 Å². The van der Waals surface area contributed by atoms with Crippen LogP contribution in [0.15, 0.2) is 12.1 Å². The molecule has 150 valence electrons. The highest BCUT2D eigenvalue weighted by molar-refractivity contribution is 7.80. The van der Waals surface area contributed by atoms with Gasteiger partial charge in [0.25, 0.3) is 0 Å². The Hall–Kier alpha value is -1.50. The summed E-state index contributed by atoms with van der Waals surface area (Å²) in [4.78, 5) is 12.7. The van der Waals surface area contributed by atoms with Gasteiger partial charge in [-0.05, 0) is 30.9 Å². The number of hydrogen-bond acceptors (Lipinski definition) is 4. The number of carbonyl (C=O) groups is 1. The summed E-state index contributed by atoms with van der Waals surface area (Å²) in [5.74, 6) is 1.02. The number of aliphatic hydroxyl groups is 1. The van der Waals surface area contributed by atoms with Crippen molar-refractivity contribution in [3.63, 3.8) is 0 Å². The van der Waals surface area contributed by atoms with Gasteiger partial charge in [-0.15, -0.1) is 0 Å². The van der Waals surface area contributed by atoms with Crippen LogP contribution in [0.5, 0.6) is 5.75 Å². The maximum Gasteiger partial charge on any atom is 0.134 e. The van der Waals surface area contributed by atoms with Gasteiger partial charge in [-0.1, -0.05) is 18.3 Å². The molecule has 3 fully saturated rings. The Balaban J connectivity index is 1.73. The molecule has 1 saturated heterocycles. The quantitative estimate of drug-likeness (QED) is 0.533. The number of thiocarbonyl (C=S) groups is 1. The van der Waals surface area contributed by atoms with E-state index in [9.17, 15) is 15.0 Å². The number of Topliss-reactive ketones (excluding diaryl/α,β-unsaturated/α-hetero) is 1. The zero-order chi connectivity index (χ0) is 19.9. The minimum Gasteiger partial charge on any atom is -0.507 e. The predicted molar refractivity (Wildman–Crippen MR) is 110 cm³/mol. The van der Waals surface area contributed by atoms with Crippen molar-refractivity contribution in [2.45, 2.75) is 62.0 Å². The lowest BCUT2D eigenvalue weighted by Gasteiger charge is -2.65. The normalized spacial score (nSPS) is 39.2. The SMILES string of the molecule is C[N+]1(CC2CC2)CC[C@]23CC(=O)CC[C@@]2(O)[C@H]1Cc1ccc(C(N)=S)c(O)c13. The molecule has 0 aromatic heterocycles. The van der Waals surface area contributed by atoms with Crippen LogP contribution in [-0.4, -0.2) is 57.2 Å². The molecule has 1 unspecified atom stereocenters. The minimum absolute atomic E-state index is 0.0533. The topological polar surface area (TPSA) is 83.5 Å². The smallest absolute Gasteiger partial charge is 0.134 e. The lowest BCUT2D eigenvalue weighted by atomic mass is 9.48. The summed E-state index contributed by atoms with van der Waals surface area (Å²) < 4.78 is 0.869. The number of ketones is 1. The zero-order valence-electron chi connectivity index (χ0n) is 16.4. The van der Waals surface area contributed by atoms with Gasteiger partial charge >= 0.3 is 0 Å². The molecule has 6 heteroatoms. The van der Waals surface area contributed by atoms with Crippen LogP contribution >= 0.6 is 12.2 Å². The van der Waals surface area contributed by atoms with E-state index < -0.39 is 11.0 Å². The van der Waals surface area contributed by atoms with Crippen LogP contribution < -0.4 is 5.73 Å². The van der Waals surface area contributed by atoms with Crippen molar-refractivity contribution in [3.8, 4) is 5.75 Å². The molecule has 1 aromatic rings. The second-order valence-electron chi connectivity index (χ2n) is 9.88. The fourth-order valence-corrected chi connectivity index (χ4v) is 6.89. The fraction of sp³-hybridized carbons (Fsp3) is 0.636. The van der Waals surface area contributed by atoms with E-state index in [1.807, 2.05) is 6.07 Å². The number of fused-ring (bicyclic) bond motifs is 1. The van der Waals surface area contributed by atoms with Gasteiger partial charge in [-0.2, -0.15) is 0 Å². The third-order valence-electron chi connectivity index (χ3n) is 8.26. The van der Waals surface area contributed by atoms with Crippen molar-refractivity contribution < 1.29 is 19.5 Å². The second kappa shape index (κ2) is 5.77. The summed E-state index contributed by atoms with van der Waals surface area (Å²) in [6, 6.07) is 3.85. The van der Waals surface area contributed by atoms with Crippen molar-refractivity contribution in [1.29, 1.82) is 0 Å². The summed E-state index contributed by atoms with van der Waals surface area (Å²) in [6.45, 7) is 2.02. The number of hydrogen-bond donors (Lipinski definition) is 3. The van der Waals surface area contributed by atoms with Gasteiger partial charge in [-0.3, -0.25) is 4.79 Å². The Morgan fingerprint density at radius 1 is 1.36 bits per heavy atom. The molecule has 1 heterocycles. The monoisotopic (exact) mass is 401 g/mol. The molecule has 2 saturated carbocycles. The van der Waals surface area contributed by atoms with Crippen LogP contribution in [0.25, 0.3) is 0 Å². The van der Waals surface area contributed by atoms with E-state index in [4.69, 9.17) is 18.0 Å². The van der Waals surface area contributed by atoms with Gasteiger partial charge in [0.2, 0.25) is 0 Å². The van der Waals surface area contributed by atoms with Crippen molar-refractivity contribution in [2.24, 2.45) is 11.7 Å². The van der Waals surface area contributed by atoms with Crippen LogP contribution in [-0.2, 0) is 16.6 Å². The first-order chi connectivity index (χ1) is 13.2. The highest BCUT2D eigenvalue weighted by atomic mass is 32.1. The third-order valence-corrected chi connectivity index (χ3v) is 8.48. The number of phenols is 1. The lowest BCUT2D eigenvalue weighted by Crippen LogP contribution is -2.78. The van der Waals surface area contributed by atoms with Crippen LogP contribution in [0, 0.1) is 5.92 Å². The van der Waals surface area contributed by atoms with Gasteiger partial charge in [0.05, 0.1) is 25.7 Å². The molecule has 1 aliphatic heterocycles. The third kappa shape index (κ3) is 2.31. The number of quaternary nitrogens is 1. The van der Waals surface area contributed by atoms with Gasteiger partial charge in [-0.25, -0.2) is 0 Å². The molecule has 0 amide bonds. The van der Waals surface area contributed by atoms with Crippen LogP contribution in [0.4, 0.5) is 0 Å². The number of likely N-dealkylation sites (N-methyl/N-ethyl adjacent to an activating group) is 1. The second-order valence-corrected chi connectivity index (χ2v) is 10.3. The molecule has 28 heavy (non-hydrogen) atoms. The maximum absolute atomic E-state index is 12.6. The Kier molecular flexibility index (Phi) is 3.82. The molecule has 3 aliphatic carbocycles. The largest absolute Gasteiger partial charge is 0.507 e. The first kappa shape index (κ1) is 18.5. The van der Waals surface area contributed by atoms with Gasteiger partial charge in [0, 0.05) is 42.6 Å². The number of nitrogens with zero attached hydrogens (tertiary/aromatic N) is 1. The summed E-state index contributed by atoms with van der Waals surface area (Å²) in [5, 5.41) is 23.3. The van der Waals surface area contributed by atoms with E-state index in [0.29, 0.717) is 31.2 Å². The van der Waals surface area contributed by atoms with E-state index in [0.717, 1.165) is 41.0 Å². The van der Waals surface area contributed by atoms with Gasteiger partial charge in [0.15, 0.2) is 0 Å². The number of likely N-dealkylation sites (tertiary alicyclic amines) is 1. The van der Waals surface area contributed by atoms with E-state index in [-0.39, 0.29) is 22.6 Å². The number of rotatable bonds is 3. The molecule has 5 nitrogen and oxygen atoms in total. The summed E-state index contributed by atoms with van der Waals surface area (Å²) in [6.07, 6.45) is 5.19. The molecular formula is C22H29N2O3S+. The number of carbonyl (C=O) groups excluding carboxylic acids is 1. The molecule has 4 atom stereocenters. The Labute approximate surface area is 171 Å². The Morgan fingerprint density at radius 2 is 2.11 bits per heavy atom. The lowest BCUT2D eigenvalue weighted by molar-refractivity contribution is -0.950. The first-order valence-electron chi connectivity index (χ1n) is 10.4. The molecule has 1 aromatic carbocycles. The highest BCUT2D eigenvalue weighted by Gasteiger charge is 2.70. The zero-order valence-corrected chi connectivity index (χ0v) is 17.2. The van der Waals surface area contributed by atoms with Crippen LogP contribution in [0.1, 0.15) is 55.2 Å². The molecule has 5 rings (SSSR count). The number of piperidine rings is 1. The summed E-state index contributed by atoms with van der Waals surface area (Å²) in [7, 11) is 2.29. The standard InChI is InChI=1S/C22H28N2O3S/c1-24(12-13-2-3-13)9-8-21-11-15(25)6-7-22(21,27)17(24)10-14-4-5-16(20(23)28)19(26)18(14)21/h4-5,13,17,27H,2-3,6-12H2,1H3,(H2-,23,26,28)/p+1/t17-,21-,22-,24?/m1/s1. The molecule has 4 N–H and O–H groups in total. The van der Waals surface area contributed by atoms with Crippen LogP contribution in [0.3, 0.4) is 0 Å². The number of benzene rings is 1. The highest BCUT2D eigenvalue weighted by Crippen LogP contribution is 2.61.